The molecule has 0 radical (unpaired) electrons. The van der Waals surface area contributed by atoms with Crippen molar-refractivity contribution >= 4 is 10.0 Å². The van der Waals surface area contributed by atoms with Crippen LogP contribution in [0.3, 0.4) is 0 Å². The summed E-state index contributed by atoms with van der Waals surface area (Å²) in [7, 11) is -0.592. The lowest BCUT2D eigenvalue weighted by Crippen LogP contribution is -2.58. The average molecular weight is 318 g/mol. The summed E-state index contributed by atoms with van der Waals surface area (Å²) in [5, 5.41) is 4.01. The van der Waals surface area contributed by atoms with E-state index in [1.807, 2.05) is 0 Å². The van der Waals surface area contributed by atoms with E-state index in [0.717, 1.165) is 24.3 Å². The number of hydrogen-bond acceptors (Lipinski definition) is 1. The second kappa shape index (κ2) is 5.27. The first kappa shape index (κ1) is 15.1. The summed E-state index contributed by atoms with van der Waals surface area (Å²) in [6.07, 6.45) is 16.1. The van der Waals surface area contributed by atoms with Crippen molar-refractivity contribution in [3.8, 4) is 0 Å². The summed E-state index contributed by atoms with van der Waals surface area (Å²) in [6.45, 7) is 1.06. The molecule has 0 spiro atoms. The van der Waals surface area contributed by atoms with Gasteiger partial charge in [0, 0.05) is 12.1 Å². The molecule has 122 valence electrons. The lowest BCUT2D eigenvalue weighted by atomic mass is 9.53. The van der Waals surface area contributed by atoms with Gasteiger partial charge < -0.3 is 5.32 Å². The molecule has 4 bridgehead atoms. The first-order chi connectivity index (χ1) is 10.4. The molecule has 1 nitrogen and oxygen atoms in total. The fraction of sp³-hybridized carbons (Fsp3) is 0.700. The number of hydrogen-bond donors (Lipinski definition) is 1. The molecule has 0 atom stereocenters. The van der Waals surface area contributed by atoms with Gasteiger partial charge in [0.15, 0.2) is 0 Å². The predicted octanol–water partition coefficient (Wildman–Crippen LogP) is 4.80. The standard InChI is InChI=1S/C20H31NS/c1-22(2,3)19-6-4-15(5-7-19)14-21-20-11-16-8-17(12-20)10-18(9-16)13-20/h4-7,16-18,21H,8-14H2,1-3H3. The van der Waals surface area contributed by atoms with E-state index in [9.17, 15) is 0 Å². The molecule has 4 fully saturated rings. The fourth-order valence-electron chi connectivity index (χ4n) is 5.63. The van der Waals surface area contributed by atoms with Gasteiger partial charge in [-0.3, -0.25) is 0 Å². The van der Waals surface area contributed by atoms with Crippen molar-refractivity contribution in [1.29, 1.82) is 0 Å². The summed E-state index contributed by atoms with van der Waals surface area (Å²) in [5.41, 5.74) is 1.95. The lowest BCUT2D eigenvalue weighted by molar-refractivity contribution is -0.0206. The highest BCUT2D eigenvalue weighted by Crippen LogP contribution is 2.55. The van der Waals surface area contributed by atoms with Crippen molar-refractivity contribution in [3.05, 3.63) is 29.8 Å². The SMILES string of the molecule is CS(C)(C)c1ccc(CNC23CC4CC(CC(C4)C2)C3)cc1. The monoisotopic (exact) mass is 317 g/mol. The van der Waals surface area contributed by atoms with Gasteiger partial charge in [-0.05, 0) is 97.6 Å². The van der Waals surface area contributed by atoms with Gasteiger partial charge in [0.2, 0.25) is 0 Å². The van der Waals surface area contributed by atoms with E-state index in [-0.39, 0.29) is 0 Å². The van der Waals surface area contributed by atoms with E-state index in [0.29, 0.717) is 5.54 Å². The maximum Gasteiger partial charge on any atom is 0.0210 e. The van der Waals surface area contributed by atoms with Crippen LogP contribution in [0.2, 0.25) is 0 Å². The largest absolute Gasteiger partial charge is 0.307 e. The second-order valence-corrected chi connectivity index (χ2v) is 13.2. The average Bonchev–Trinajstić information content (AvgIpc) is 2.43. The van der Waals surface area contributed by atoms with Gasteiger partial charge in [-0.15, -0.1) is 0 Å². The molecule has 2 heteroatoms. The number of nitrogens with one attached hydrogen (secondary N) is 1. The van der Waals surface area contributed by atoms with E-state index < -0.39 is 10.0 Å². The van der Waals surface area contributed by atoms with Gasteiger partial charge in [-0.2, -0.15) is 0 Å². The van der Waals surface area contributed by atoms with Gasteiger partial charge in [-0.25, -0.2) is 10.0 Å². The first-order valence-corrected chi connectivity index (χ1v) is 11.8. The van der Waals surface area contributed by atoms with Crippen LogP contribution in [0.25, 0.3) is 0 Å². The highest BCUT2D eigenvalue weighted by Gasteiger charge is 2.50. The molecule has 4 aliphatic rings. The quantitative estimate of drug-likeness (QED) is 0.841. The van der Waals surface area contributed by atoms with Crippen LogP contribution in [0.5, 0.6) is 0 Å². The van der Waals surface area contributed by atoms with Gasteiger partial charge in [0.1, 0.15) is 0 Å². The fourth-order valence-corrected chi connectivity index (χ4v) is 6.58. The summed E-state index contributed by atoms with van der Waals surface area (Å²) in [6, 6.07) is 9.40. The molecule has 1 N–H and O–H groups in total. The number of benzene rings is 1. The van der Waals surface area contributed by atoms with Crippen LogP contribution in [-0.2, 0) is 6.54 Å². The van der Waals surface area contributed by atoms with Crippen LogP contribution in [0.15, 0.2) is 29.2 Å². The van der Waals surface area contributed by atoms with Gasteiger partial charge in [-0.1, -0.05) is 12.1 Å². The Morgan fingerprint density at radius 1 is 0.909 bits per heavy atom. The van der Waals surface area contributed by atoms with E-state index in [1.54, 1.807) is 0 Å². The molecule has 5 rings (SSSR count). The smallest absolute Gasteiger partial charge is 0.0210 e. The Hall–Kier alpha value is -0.470. The zero-order valence-electron chi connectivity index (χ0n) is 14.4. The molecular weight excluding hydrogens is 286 g/mol. The third kappa shape index (κ3) is 2.85. The summed E-state index contributed by atoms with van der Waals surface area (Å²) in [4.78, 5) is 1.52. The van der Waals surface area contributed by atoms with Crippen molar-refractivity contribution in [1.82, 2.24) is 5.32 Å². The Balaban J connectivity index is 1.42. The first-order valence-electron chi connectivity index (χ1n) is 8.94. The molecule has 22 heavy (non-hydrogen) atoms. The van der Waals surface area contributed by atoms with Gasteiger partial charge in [0.05, 0.1) is 0 Å². The minimum absolute atomic E-state index is 0.489. The van der Waals surface area contributed by atoms with Crippen molar-refractivity contribution in [2.24, 2.45) is 17.8 Å². The normalized spacial score (nSPS) is 37.5. The van der Waals surface area contributed by atoms with Crippen molar-refractivity contribution in [3.63, 3.8) is 0 Å². The summed E-state index contributed by atoms with van der Waals surface area (Å²) >= 11 is 0. The van der Waals surface area contributed by atoms with E-state index in [4.69, 9.17) is 0 Å². The maximum atomic E-state index is 4.01. The third-order valence-electron chi connectivity index (χ3n) is 6.34. The van der Waals surface area contributed by atoms with Crippen LogP contribution in [-0.4, -0.2) is 24.3 Å². The molecule has 4 saturated carbocycles. The molecule has 0 heterocycles. The van der Waals surface area contributed by atoms with Crippen LogP contribution in [0.1, 0.15) is 44.1 Å². The van der Waals surface area contributed by atoms with Crippen LogP contribution < -0.4 is 5.32 Å². The minimum atomic E-state index is -0.592. The van der Waals surface area contributed by atoms with Gasteiger partial charge >= 0.3 is 0 Å². The molecular formula is C20H31NS. The highest BCUT2D eigenvalue weighted by atomic mass is 32.3. The summed E-state index contributed by atoms with van der Waals surface area (Å²) in [5.74, 6) is 3.10. The molecule has 0 saturated heterocycles. The molecule has 1 aromatic carbocycles. The summed E-state index contributed by atoms with van der Waals surface area (Å²) < 4.78 is 0. The van der Waals surface area contributed by atoms with Crippen LogP contribution in [0.4, 0.5) is 0 Å². The lowest BCUT2D eigenvalue weighted by Gasteiger charge is -2.57. The third-order valence-corrected chi connectivity index (χ3v) is 8.02. The van der Waals surface area contributed by atoms with E-state index in [2.05, 4.69) is 48.3 Å². The van der Waals surface area contributed by atoms with Crippen LogP contribution >= 0.6 is 10.0 Å². The second-order valence-electron chi connectivity index (χ2n) is 9.03. The van der Waals surface area contributed by atoms with Gasteiger partial charge in [0.25, 0.3) is 0 Å². The Bertz CT molecular complexity index is 505. The molecule has 1 aromatic rings. The Kier molecular flexibility index (Phi) is 3.62. The number of rotatable bonds is 4. The minimum Gasteiger partial charge on any atom is -0.307 e. The Labute approximate surface area is 137 Å². The maximum absolute atomic E-state index is 4.01. The van der Waals surface area contributed by atoms with Crippen LogP contribution in [0, 0.1) is 17.8 Å². The van der Waals surface area contributed by atoms with Crippen molar-refractivity contribution in [2.75, 3.05) is 18.8 Å². The molecule has 0 unspecified atom stereocenters. The predicted molar refractivity (Wildman–Crippen MR) is 97.8 cm³/mol. The molecule has 0 aromatic heterocycles. The Morgan fingerprint density at radius 3 is 1.86 bits per heavy atom. The van der Waals surface area contributed by atoms with Crippen molar-refractivity contribution in [2.45, 2.75) is 55.5 Å². The topological polar surface area (TPSA) is 12.0 Å². The Morgan fingerprint density at radius 2 is 1.41 bits per heavy atom. The van der Waals surface area contributed by atoms with E-state index in [1.165, 1.54) is 49.0 Å². The molecule has 0 aliphatic heterocycles. The molecule has 0 amide bonds. The highest BCUT2D eigenvalue weighted by molar-refractivity contribution is 8.32. The van der Waals surface area contributed by atoms with E-state index >= 15 is 0 Å². The van der Waals surface area contributed by atoms with Crippen molar-refractivity contribution < 1.29 is 0 Å². The molecule has 4 aliphatic carbocycles. The zero-order valence-corrected chi connectivity index (χ0v) is 15.2. The zero-order chi connectivity index (χ0) is 15.4.